The second-order valence-corrected chi connectivity index (χ2v) is 5.92. The van der Waals surface area contributed by atoms with E-state index >= 15 is 0 Å². The van der Waals surface area contributed by atoms with Crippen molar-refractivity contribution >= 4 is 11.9 Å². The number of aliphatic carboxylic acids is 1. The van der Waals surface area contributed by atoms with E-state index in [-0.39, 0.29) is 25.6 Å². The number of rotatable bonds is 10. The van der Waals surface area contributed by atoms with Crippen LogP contribution >= 0.6 is 0 Å². The van der Waals surface area contributed by atoms with Gasteiger partial charge in [0.15, 0.2) is 5.60 Å². The first kappa shape index (κ1) is 19.0. The Bertz CT molecular complexity index is 632. The number of hydrogen-bond donors (Lipinski definition) is 3. The summed E-state index contributed by atoms with van der Waals surface area (Å²) in [5.41, 5.74) is 4.50. The lowest BCUT2D eigenvalue weighted by Crippen LogP contribution is -2.49. The molecule has 8 nitrogen and oxygen atoms in total. The smallest absolute Gasteiger partial charge is 0.336 e. The largest absolute Gasteiger partial charge is 0.497 e. The van der Waals surface area contributed by atoms with Crippen molar-refractivity contribution in [1.82, 2.24) is 5.32 Å². The molecule has 25 heavy (non-hydrogen) atoms. The zero-order valence-electron chi connectivity index (χ0n) is 14.4. The molecule has 1 fully saturated rings. The normalized spacial score (nSPS) is 16.0. The van der Waals surface area contributed by atoms with Gasteiger partial charge < -0.3 is 30.4 Å². The summed E-state index contributed by atoms with van der Waals surface area (Å²) in [7, 11) is 3.06. The molecular weight excluding hydrogens is 328 g/mol. The van der Waals surface area contributed by atoms with E-state index in [1.807, 2.05) is 0 Å². The van der Waals surface area contributed by atoms with Crippen LogP contribution in [0.15, 0.2) is 18.2 Å². The van der Waals surface area contributed by atoms with Crippen LogP contribution in [0.1, 0.15) is 18.4 Å². The number of nitrogens with two attached hydrogens (primary N) is 1. The zero-order valence-corrected chi connectivity index (χ0v) is 14.4. The standard InChI is InChI=1S/C17H24N2O6/c1-23-13-6-3-11(14(7-13)24-2)8-17(16(21)22,12-4-5-12)25-10-19-15(20)9-18/h3,6-7,12H,4-5,8-10,18H2,1-2H3,(H,19,20)(H,21,22)/t17-/m0/s1. The van der Waals surface area contributed by atoms with Gasteiger partial charge in [-0.3, -0.25) is 4.79 Å². The Hall–Kier alpha value is -2.32. The Morgan fingerprint density at radius 1 is 1.32 bits per heavy atom. The third-order valence-electron chi connectivity index (χ3n) is 4.33. The fourth-order valence-corrected chi connectivity index (χ4v) is 2.77. The number of amides is 1. The monoisotopic (exact) mass is 352 g/mol. The molecule has 4 N–H and O–H groups in total. The maximum atomic E-state index is 12.0. The predicted molar refractivity (Wildman–Crippen MR) is 89.5 cm³/mol. The van der Waals surface area contributed by atoms with Gasteiger partial charge in [-0.15, -0.1) is 0 Å². The molecule has 1 amide bonds. The minimum absolute atomic E-state index is 0.119. The van der Waals surface area contributed by atoms with Crippen LogP contribution in [-0.4, -0.2) is 50.1 Å². The highest BCUT2D eigenvalue weighted by atomic mass is 16.5. The predicted octanol–water partition coefficient (Wildman–Crippen LogP) is 0.529. The molecule has 2 rings (SSSR count). The maximum absolute atomic E-state index is 12.0. The summed E-state index contributed by atoms with van der Waals surface area (Å²) in [6.45, 7) is -0.392. The molecule has 138 valence electrons. The molecule has 1 aromatic rings. The number of carbonyl (C=O) groups excluding carboxylic acids is 1. The van der Waals surface area contributed by atoms with Gasteiger partial charge in [0.05, 0.1) is 20.8 Å². The summed E-state index contributed by atoms with van der Waals surface area (Å²) in [6.07, 6.45) is 1.64. The van der Waals surface area contributed by atoms with E-state index in [4.69, 9.17) is 19.9 Å². The van der Waals surface area contributed by atoms with Gasteiger partial charge in [-0.05, 0) is 30.4 Å². The van der Waals surface area contributed by atoms with E-state index in [0.29, 0.717) is 17.1 Å². The molecule has 0 bridgehead atoms. The topological polar surface area (TPSA) is 120 Å². The molecule has 0 spiro atoms. The van der Waals surface area contributed by atoms with Crippen LogP contribution < -0.4 is 20.5 Å². The number of hydrogen-bond acceptors (Lipinski definition) is 6. The number of nitrogens with one attached hydrogen (secondary N) is 1. The summed E-state index contributed by atoms with van der Waals surface area (Å²) >= 11 is 0. The number of carboxylic acids is 1. The van der Waals surface area contributed by atoms with Crippen molar-refractivity contribution < 1.29 is 28.9 Å². The molecule has 0 heterocycles. The Kier molecular flexibility index (Phi) is 6.22. The summed E-state index contributed by atoms with van der Waals surface area (Å²) < 4.78 is 16.2. The van der Waals surface area contributed by atoms with Gasteiger partial charge in [0, 0.05) is 12.5 Å². The zero-order chi connectivity index (χ0) is 18.4. The van der Waals surface area contributed by atoms with Gasteiger partial charge in [0.2, 0.25) is 5.91 Å². The van der Waals surface area contributed by atoms with Crippen LogP contribution in [-0.2, 0) is 20.7 Å². The second-order valence-electron chi connectivity index (χ2n) is 5.92. The van der Waals surface area contributed by atoms with Crippen molar-refractivity contribution in [3.05, 3.63) is 23.8 Å². The van der Waals surface area contributed by atoms with Gasteiger partial charge >= 0.3 is 5.97 Å². The highest BCUT2D eigenvalue weighted by Gasteiger charge is 2.53. The molecule has 1 aliphatic carbocycles. The summed E-state index contributed by atoms with van der Waals surface area (Å²) in [5.74, 6) is -0.442. The van der Waals surface area contributed by atoms with Crippen molar-refractivity contribution in [2.24, 2.45) is 11.7 Å². The fourth-order valence-electron chi connectivity index (χ4n) is 2.77. The third kappa shape index (κ3) is 4.40. The van der Waals surface area contributed by atoms with Gasteiger partial charge in [-0.2, -0.15) is 0 Å². The average molecular weight is 352 g/mol. The van der Waals surface area contributed by atoms with E-state index in [0.717, 1.165) is 12.8 Å². The van der Waals surface area contributed by atoms with Crippen LogP contribution in [0.5, 0.6) is 11.5 Å². The molecular formula is C17H24N2O6. The van der Waals surface area contributed by atoms with E-state index < -0.39 is 17.5 Å². The minimum atomic E-state index is -1.43. The molecule has 1 aliphatic rings. The van der Waals surface area contributed by atoms with E-state index in [1.165, 1.54) is 7.11 Å². The molecule has 0 aliphatic heterocycles. The molecule has 0 saturated heterocycles. The van der Waals surface area contributed by atoms with Crippen LogP contribution in [0.2, 0.25) is 0 Å². The van der Waals surface area contributed by atoms with Crippen LogP contribution in [0.3, 0.4) is 0 Å². The first-order valence-electron chi connectivity index (χ1n) is 8.02. The summed E-state index contributed by atoms with van der Waals surface area (Å²) in [5, 5.41) is 12.3. The van der Waals surface area contributed by atoms with Crippen molar-refractivity contribution in [3.63, 3.8) is 0 Å². The summed E-state index contributed by atoms with van der Waals surface area (Å²) in [4.78, 5) is 23.3. The van der Waals surface area contributed by atoms with Gasteiger partial charge in [-0.1, -0.05) is 6.07 Å². The Morgan fingerprint density at radius 2 is 2.04 bits per heavy atom. The maximum Gasteiger partial charge on any atom is 0.336 e. The molecule has 0 unspecified atom stereocenters. The molecule has 0 radical (unpaired) electrons. The van der Waals surface area contributed by atoms with Crippen molar-refractivity contribution in [2.75, 3.05) is 27.5 Å². The minimum Gasteiger partial charge on any atom is -0.497 e. The quantitative estimate of drug-likeness (QED) is 0.525. The highest BCUT2D eigenvalue weighted by molar-refractivity contribution is 5.80. The number of carboxylic acid groups (broad SMARTS) is 1. The molecule has 1 aromatic carbocycles. The van der Waals surface area contributed by atoms with Crippen molar-refractivity contribution in [1.29, 1.82) is 0 Å². The highest BCUT2D eigenvalue weighted by Crippen LogP contribution is 2.45. The third-order valence-corrected chi connectivity index (χ3v) is 4.33. The van der Waals surface area contributed by atoms with Gasteiger partial charge in [-0.25, -0.2) is 4.79 Å². The SMILES string of the molecule is COc1ccc(C[C@@](OCNC(=O)CN)(C(=O)O)C2CC2)c(OC)c1. The van der Waals surface area contributed by atoms with Crippen LogP contribution in [0, 0.1) is 5.92 Å². The lowest BCUT2D eigenvalue weighted by Gasteiger charge is -2.30. The average Bonchev–Trinajstić information content (AvgIpc) is 3.45. The fraction of sp³-hybridized carbons (Fsp3) is 0.529. The Morgan fingerprint density at radius 3 is 2.56 bits per heavy atom. The number of methoxy groups -OCH3 is 2. The van der Waals surface area contributed by atoms with Gasteiger partial charge in [0.1, 0.15) is 18.2 Å². The van der Waals surface area contributed by atoms with Crippen molar-refractivity contribution in [2.45, 2.75) is 24.9 Å². The van der Waals surface area contributed by atoms with E-state index in [9.17, 15) is 14.7 Å². The number of ether oxygens (including phenoxy) is 3. The first-order chi connectivity index (χ1) is 12.0. The lowest BCUT2D eigenvalue weighted by atomic mass is 9.89. The molecule has 0 aromatic heterocycles. The van der Waals surface area contributed by atoms with Crippen LogP contribution in [0.4, 0.5) is 0 Å². The Balaban J connectivity index is 2.24. The summed E-state index contributed by atoms with van der Waals surface area (Å²) in [6, 6.07) is 5.21. The van der Waals surface area contributed by atoms with Crippen LogP contribution in [0.25, 0.3) is 0 Å². The van der Waals surface area contributed by atoms with E-state index in [1.54, 1.807) is 25.3 Å². The number of benzene rings is 1. The van der Waals surface area contributed by atoms with E-state index in [2.05, 4.69) is 5.32 Å². The number of carbonyl (C=O) groups is 2. The Labute approximate surface area is 146 Å². The second kappa shape index (κ2) is 8.17. The van der Waals surface area contributed by atoms with Gasteiger partial charge in [0.25, 0.3) is 0 Å². The molecule has 1 saturated carbocycles. The lowest BCUT2D eigenvalue weighted by molar-refractivity contribution is -0.171. The first-order valence-corrected chi connectivity index (χ1v) is 8.02. The van der Waals surface area contributed by atoms with Crippen molar-refractivity contribution in [3.8, 4) is 11.5 Å². The molecule has 1 atom stereocenters. The molecule has 8 heteroatoms.